The van der Waals surface area contributed by atoms with E-state index in [1.54, 1.807) is 11.3 Å². The van der Waals surface area contributed by atoms with Crippen LogP contribution in [0.2, 0.25) is 0 Å². The molecule has 0 fully saturated rings. The Labute approximate surface area is 93.1 Å². The Morgan fingerprint density at radius 2 is 2.53 bits per heavy atom. The van der Waals surface area contributed by atoms with Crippen LogP contribution < -0.4 is 5.32 Å². The van der Waals surface area contributed by atoms with Crippen molar-refractivity contribution in [3.63, 3.8) is 0 Å². The van der Waals surface area contributed by atoms with Crippen molar-refractivity contribution >= 4 is 17.2 Å². The summed E-state index contributed by atoms with van der Waals surface area (Å²) in [5.74, 6) is 0.0648. The van der Waals surface area contributed by atoms with Crippen LogP contribution in [0.4, 0.5) is 0 Å². The molecule has 0 radical (unpaired) electrons. The second-order valence-corrected chi connectivity index (χ2v) is 4.76. The number of hydrogen-bond acceptors (Lipinski definition) is 3. The van der Waals surface area contributed by atoms with Gasteiger partial charge in [0.15, 0.2) is 0 Å². The molecular formula is C11H15NO2S. The van der Waals surface area contributed by atoms with Crippen LogP contribution in [0.25, 0.3) is 0 Å². The van der Waals surface area contributed by atoms with E-state index in [1.807, 2.05) is 0 Å². The van der Waals surface area contributed by atoms with E-state index >= 15 is 0 Å². The van der Waals surface area contributed by atoms with Crippen molar-refractivity contribution in [1.29, 1.82) is 0 Å². The van der Waals surface area contributed by atoms with Gasteiger partial charge in [-0.3, -0.25) is 4.79 Å². The van der Waals surface area contributed by atoms with E-state index < -0.39 is 0 Å². The Morgan fingerprint density at radius 3 is 3.33 bits per heavy atom. The molecule has 1 aromatic heterocycles. The zero-order valence-electron chi connectivity index (χ0n) is 8.53. The van der Waals surface area contributed by atoms with Crippen LogP contribution in [0.15, 0.2) is 11.4 Å². The Bertz CT molecular complexity index is 348. The molecule has 1 aliphatic rings. The van der Waals surface area contributed by atoms with Gasteiger partial charge in [0, 0.05) is 11.4 Å². The normalized spacial score (nSPS) is 19.7. The van der Waals surface area contributed by atoms with E-state index in [2.05, 4.69) is 16.8 Å². The molecule has 0 saturated heterocycles. The summed E-state index contributed by atoms with van der Waals surface area (Å²) in [6.07, 6.45) is 3.13. The molecule has 0 bridgehead atoms. The van der Waals surface area contributed by atoms with E-state index in [-0.39, 0.29) is 18.4 Å². The number of fused-ring (bicyclic) bond motifs is 1. The monoisotopic (exact) mass is 225 g/mol. The minimum atomic E-state index is 0.00606. The van der Waals surface area contributed by atoms with Crippen molar-refractivity contribution in [2.24, 2.45) is 0 Å². The molecule has 0 saturated carbocycles. The zero-order chi connectivity index (χ0) is 10.7. The highest BCUT2D eigenvalue weighted by Crippen LogP contribution is 2.34. The average molecular weight is 225 g/mol. The van der Waals surface area contributed by atoms with Gasteiger partial charge in [0.2, 0.25) is 5.91 Å². The number of nitrogens with one attached hydrogen (secondary N) is 1. The summed E-state index contributed by atoms with van der Waals surface area (Å²) in [5.41, 5.74) is 1.20. The first-order valence-corrected chi connectivity index (χ1v) is 6.15. The van der Waals surface area contributed by atoms with E-state index in [9.17, 15) is 4.79 Å². The summed E-state index contributed by atoms with van der Waals surface area (Å²) in [6.45, 7) is 0.365. The van der Waals surface area contributed by atoms with Crippen molar-refractivity contribution in [2.75, 3.05) is 13.2 Å². The Morgan fingerprint density at radius 1 is 1.67 bits per heavy atom. The molecule has 1 aromatic rings. The maximum absolute atomic E-state index is 11.8. The van der Waals surface area contributed by atoms with Crippen molar-refractivity contribution in [2.45, 2.75) is 25.2 Å². The van der Waals surface area contributed by atoms with Gasteiger partial charge in [0.1, 0.15) is 0 Å². The van der Waals surface area contributed by atoms with Crippen LogP contribution in [0.3, 0.4) is 0 Å². The number of aliphatic hydroxyl groups is 1. The Balaban J connectivity index is 2.08. The van der Waals surface area contributed by atoms with Gasteiger partial charge in [-0.25, -0.2) is 0 Å². The van der Waals surface area contributed by atoms with Crippen molar-refractivity contribution in [3.05, 3.63) is 21.9 Å². The molecule has 82 valence electrons. The van der Waals surface area contributed by atoms with Gasteiger partial charge in [-0.2, -0.15) is 0 Å². The molecule has 2 rings (SSSR count). The predicted molar refractivity (Wildman–Crippen MR) is 60.1 cm³/mol. The maximum atomic E-state index is 11.8. The largest absolute Gasteiger partial charge is 0.395 e. The van der Waals surface area contributed by atoms with Crippen LogP contribution in [0.1, 0.15) is 29.2 Å². The third kappa shape index (κ3) is 2.21. The van der Waals surface area contributed by atoms with Crippen LogP contribution in [0, 0.1) is 0 Å². The Hall–Kier alpha value is -0.870. The molecule has 4 heteroatoms. The van der Waals surface area contributed by atoms with Gasteiger partial charge in [0.05, 0.1) is 12.5 Å². The van der Waals surface area contributed by atoms with Gasteiger partial charge in [-0.05, 0) is 36.3 Å². The minimum absolute atomic E-state index is 0.00606. The molecule has 1 unspecified atom stereocenters. The van der Waals surface area contributed by atoms with Crippen LogP contribution >= 0.6 is 11.3 Å². The number of thiophene rings is 1. The molecule has 3 nitrogen and oxygen atoms in total. The number of aliphatic hydroxyl groups excluding tert-OH is 1. The van der Waals surface area contributed by atoms with E-state index in [1.165, 1.54) is 10.4 Å². The summed E-state index contributed by atoms with van der Waals surface area (Å²) in [4.78, 5) is 13.2. The molecule has 1 atom stereocenters. The summed E-state index contributed by atoms with van der Waals surface area (Å²) in [5, 5.41) is 13.5. The van der Waals surface area contributed by atoms with E-state index in [0.717, 1.165) is 19.3 Å². The minimum Gasteiger partial charge on any atom is -0.395 e. The fraction of sp³-hybridized carbons (Fsp3) is 0.545. The van der Waals surface area contributed by atoms with Crippen molar-refractivity contribution < 1.29 is 9.90 Å². The van der Waals surface area contributed by atoms with Crippen LogP contribution in [0.5, 0.6) is 0 Å². The number of carbonyl (C=O) groups is 1. The fourth-order valence-electron chi connectivity index (χ4n) is 2.06. The topological polar surface area (TPSA) is 49.3 Å². The zero-order valence-corrected chi connectivity index (χ0v) is 9.35. The SMILES string of the molecule is O=C(NCCO)C1CCCc2sccc21. The van der Waals surface area contributed by atoms with Crippen molar-refractivity contribution in [3.8, 4) is 0 Å². The van der Waals surface area contributed by atoms with E-state index in [0.29, 0.717) is 6.54 Å². The van der Waals surface area contributed by atoms with Gasteiger partial charge >= 0.3 is 0 Å². The third-order valence-corrected chi connectivity index (χ3v) is 3.78. The number of aryl methyl sites for hydroxylation is 1. The summed E-state index contributed by atoms with van der Waals surface area (Å²) < 4.78 is 0. The van der Waals surface area contributed by atoms with Crippen LogP contribution in [-0.2, 0) is 11.2 Å². The second-order valence-electron chi connectivity index (χ2n) is 3.76. The lowest BCUT2D eigenvalue weighted by molar-refractivity contribution is -0.123. The molecular weight excluding hydrogens is 210 g/mol. The highest BCUT2D eigenvalue weighted by Gasteiger charge is 2.26. The second kappa shape index (κ2) is 4.77. The van der Waals surface area contributed by atoms with Crippen LogP contribution in [-0.4, -0.2) is 24.2 Å². The molecule has 0 spiro atoms. The standard InChI is InChI=1S/C11H15NO2S/c13-6-5-12-11(14)9-2-1-3-10-8(9)4-7-15-10/h4,7,9,13H,1-3,5-6H2,(H,12,14). The smallest absolute Gasteiger partial charge is 0.227 e. The average Bonchev–Trinajstić information content (AvgIpc) is 2.73. The Kier molecular flexibility index (Phi) is 3.38. The quantitative estimate of drug-likeness (QED) is 0.814. The lowest BCUT2D eigenvalue weighted by atomic mass is 9.87. The number of carbonyl (C=O) groups excluding carboxylic acids is 1. The maximum Gasteiger partial charge on any atom is 0.227 e. The molecule has 0 aliphatic heterocycles. The molecule has 15 heavy (non-hydrogen) atoms. The van der Waals surface area contributed by atoms with Gasteiger partial charge in [-0.15, -0.1) is 11.3 Å². The summed E-state index contributed by atoms with van der Waals surface area (Å²) in [7, 11) is 0. The molecule has 0 aromatic carbocycles. The first-order valence-electron chi connectivity index (χ1n) is 5.27. The number of amides is 1. The first-order chi connectivity index (χ1) is 7.33. The molecule has 1 aliphatic carbocycles. The highest BCUT2D eigenvalue weighted by molar-refractivity contribution is 7.10. The first kappa shape index (κ1) is 10.6. The van der Waals surface area contributed by atoms with E-state index in [4.69, 9.17) is 5.11 Å². The third-order valence-electron chi connectivity index (χ3n) is 2.78. The fourth-order valence-corrected chi connectivity index (χ4v) is 3.05. The molecule has 2 N–H and O–H groups in total. The highest BCUT2D eigenvalue weighted by atomic mass is 32.1. The number of rotatable bonds is 3. The van der Waals surface area contributed by atoms with Gasteiger partial charge in [0.25, 0.3) is 0 Å². The van der Waals surface area contributed by atoms with Crippen molar-refractivity contribution in [1.82, 2.24) is 5.32 Å². The number of hydrogen-bond donors (Lipinski definition) is 2. The van der Waals surface area contributed by atoms with Gasteiger partial charge < -0.3 is 10.4 Å². The summed E-state index contributed by atoms with van der Waals surface area (Å²) in [6, 6.07) is 2.06. The molecule has 1 heterocycles. The summed E-state index contributed by atoms with van der Waals surface area (Å²) >= 11 is 1.74. The lowest BCUT2D eigenvalue weighted by Crippen LogP contribution is -2.32. The van der Waals surface area contributed by atoms with Gasteiger partial charge in [-0.1, -0.05) is 0 Å². The predicted octanol–water partition coefficient (Wildman–Crippen LogP) is 1.28. The molecule has 1 amide bonds. The lowest BCUT2D eigenvalue weighted by Gasteiger charge is -2.21.